The van der Waals surface area contributed by atoms with Gasteiger partial charge in [-0.25, -0.2) is 0 Å². The molecule has 0 saturated carbocycles. The van der Waals surface area contributed by atoms with Crippen LogP contribution in [0.4, 0.5) is 0 Å². The van der Waals surface area contributed by atoms with Gasteiger partial charge in [0, 0.05) is 19.5 Å². The van der Waals surface area contributed by atoms with Gasteiger partial charge in [-0.15, -0.1) is 0 Å². The Hall–Kier alpha value is -2.24. The van der Waals surface area contributed by atoms with E-state index in [1.165, 1.54) is 7.11 Å². The van der Waals surface area contributed by atoms with E-state index in [1.54, 1.807) is 17.0 Å². The summed E-state index contributed by atoms with van der Waals surface area (Å²) >= 11 is 0. The number of carbonyl (C=O) groups is 2. The number of primary amides is 1. The molecule has 1 saturated heterocycles. The van der Waals surface area contributed by atoms with Gasteiger partial charge < -0.3 is 20.5 Å². The molecular weight excluding hydrogens is 260 g/mol. The lowest BCUT2D eigenvalue weighted by molar-refractivity contribution is -0.128. The Labute approximate surface area is 117 Å². The molecule has 1 aliphatic rings. The normalized spacial score (nSPS) is 18.4. The third-order valence-electron chi connectivity index (χ3n) is 3.53. The Morgan fingerprint density at radius 1 is 1.55 bits per heavy atom. The lowest BCUT2D eigenvalue weighted by Crippen LogP contribution is -2.30. The Balaban J connectivity index is 1.94. The molecule has 3 N–H and O–H groups in total. The fourth-order valence-corrected chi connectivity index (χ4v) is 2.33. The van der Waals surface area contributed by atoms with Crippen LogP contribution < -0.4 is 10.5 Å². The van der Waals surface area contributed by atoms with Gasteiger partial charge in [-0.05, 0) is 24.1 Å². The maximum Gasteiger partial charge on any atom is 0.223 e. The van der Waals surface area contributed by atoms with Crippen molar-refractivity contribution in [3.05, 3.63) is 23.8 Å². The first-order valence-corrected chi connectivity index (χ1v) is 6.44. The Bertz CT molecular complexity index is 530. The summed E-state index contributed by atoms with van der Waals surface area (Å²) in [5.74, 6) is -0.367. The van der Waals surface area contributed by atoms with Gasteiger partial charge in [-0.1, -0.05) is 6.07 Å². The highest BCUT2D eigenvalue weighted by Crippen LogP contribution is 2.26. The van der Waals surface area contributed by atoms with Gasteiger partial charge >= 0.3 is 0 Å². The van der Waals surface area contributed by atoms with Crippen LogP contribution in [0.2, 0.25) is 0 Å². The van der Waals surface area contributed by atoms with Crippen molar-refractivity contribution < 1.29 is 19.4 Å². The highest BCUT2D eigenvalue weighted by atomic mass is 16.5. The monoisotopic (exact) mass is 278 g/mol. The van der Waals surface area contributed by atoms with E-state index in [9.17, 15) is 14.7 Å². The zero-order valence-electron chi connectivity index (χ0n) is 11.3. The number of aromatic hydroxyl groups is 1. The predicted molar refractivity (Wildman–Crippen MR) is 72.2 cm³/mol. The summed E-state index contributed by atoms with van der Waals surface area (Å²) in [6.07, 6.45) is 0.804. The second kappa shape index (κ2) is 5.81. The summed E-state index contributed by atoms with van der Waals surface area (Å²) in [5.41, 5.74) is 6.12. The molecule has 1 unspecified atom stereocenters. The Kier molecular flexibility index (Phi) is 4.12. The van der Waals surface area contributed by atoms with E-state index in [2.05, 4.69) is 0 Å². The van der Waals surface area contributed by atoms with Gasteiger partial charge in [0.25, 0.3) is 0 Å². The molecule has 0 aromatic heterocycles. The molecule has 1 atom stereocenters. The zero-order chi connectivity index (χ0) is 14.7. The lowest BCUT2D eigenvalue weighted by Gasteiger charge is -2.16. The van der Waals surface area contributed by atoms with Gasteiger partial charge in [0.2, 0.25) is 11.8 Å². The van der Waals surface area contributed by atoms with Gasteiger partial charge in [-0.2, -0.15) is 0 Å². The molecule has 1 aromatic rings. The van der Waals surface area contributed by atoms with Crippen molar-refractivity contribution in [2.24, 2.45) is 11.7 Å². The van der Waals surface area contributed by atoms with Crippen LogP contribution in [0.25, 0.3) is 0 Å². The fraction of sp³-hybridized carbons (Fsp3) is 0.429. The number of phenolic OH excluding ortho intramolecular Hbond substituents is 1. The Morgan fingerprint density at radius 2 is 2.30 bits per heavy atom. The van der Waals surface area contributed by atoms with Crippen LogP contribution in [-0.2, 0) is 16.0 Å². The number of nitrogens with zero attached hydrogens (tertiary/aromatic N) is 1. The number of hydrogen-bond donors (Lipinski definition) is 2. The number of benzene rings is 1. The second-order valence-corrected chi connectivity index (χ2v) is 4.90. The summed E-state index contributed by atoms with van der Waals surface area (Å²) in [6, 6.07) is 5.14. The maximum absolute atomic E-state index is 11.7. The average molecular weight is 278 g/mol. The van der Waals surface area contributed by atoms with E-state index in [0.29, 0.717) is 25.3 Å². The summed E-state index contributed by atoms with van der Waals surface area (Å²) in [6.45, 7) is 0.894. The summed E-state index contributed by atoms with van der Waals surface area (Å²) in [7, 11) is 1.49. The van der Waals surface area contributed by atoms with Crippen LogP contribution in [0.15, 0.2) is 18.2 Å². The minimum Gasteiger partial charge on any atom is -0.504 e. The molecule has 0 bridgehead atoms. The molecule has 0 spiro atoms. The molecule has 6 heteroatoms. The van der Waals surface area contributed by atoms with Crippen molar-refractivity contribution in [1.29, 1.82) is 0 Å². The van der Waals surface area contributed by atoms with Crippen molar-refractivity contribution in [2.45, 2.75) is 12.8 Å². The minimum absolute atomic E-state index is 0.0495. The fourth-order valence-electron chi connectivity index (χ4n) is 2.33. The van der Waals surface area contributed by atoms with Crippen molar-refractivity contribution in [1.82, 2.24) is 4.90 Å². The predicted octanol–water partition coefficient (Wildman–Crippen LogP) is 0.277. The van der Waals surface area contributed by atoms with E-state index in [1.807, 2.05) is 6.07 Å². The number of hydrogen-bond acceptors (Lipinski definition) is 4. The largest absolute Gasteiger partial charge is 0.504 e. The number of nitrogens with two attached hydrogens (primary N) is 1. The molecule has 0 aliphatic carbocycles. The van der Waals surface area contributed by atoms with Crippen LogP contribution in [-0.4, -0.2) is 42.0 Å². The molecule has 20 heavy (non-hydrogen) atoms. The molecule has 2 amide bonds. The molecule has 1 heterocycles. The average Bonchev–Trinajstić information content (AvgIpc) is 2.78. The number of rotatable bonds is 5. The van der Waals surface area contributed by atoms with Crippen LogP contribution in [0.1, 0.15) is 12.0 Å². The third kappa shape index (κ3) is 3.01. The van der Waals surface area contributed by atoms with Crippen LogP contribution in [0, 0.1) is 5.92 Å². The van der Waals surface area contributed by atoms with E-state index in [-0.39, 0.29) is 24.0 Å². The number of phenols is 1. The SMILES string of the molecule is COc1ccc(CCN2CC(C(N)=O)CC2=O)cc1O. The summed E-state index contributed by atoms with van der Waals surface area (Å²) in [5, 5.41) is 9.68. The number of carbonyl (C=O) groups excluding carboxylic acids is 2. The number of ether oxygens (including phenoxy) is 1. The molecule has 1 aliphatic heterocycles. The highest BCUT2D eigenvalue weighted by molar-refractivity contribution is 5.88. The van der Waals surface area contributed by atoms with Crippen LogP contribution in [0.5, 0.6) is 11.5 Å². The minimum atomic E-state index is -0.428. The van der Waals surface area contributed by atoms with Gasteiger partial charge in [0.05, 0.1) is 13.0 Å². The van der Waals surface area contributed by atoms with Crippen LogP contribution >= 0.6 is 0 Å². The van der Waals surface area contributed by atoms with Crippen molar-refractivity contribution in [3.8, 4) is 11.5 Å². The van der Waals surface area contributed by atoms with E-state index in [0.717, 1.165) is 5.56 Å². The van der Waals surface area contributed by atoms with Crippen LogP contribution in [0.3, 0.4) is 0 Å². The van der Waals surface area contributed by atoms with E-state index >= 15 is 0 Å². The quantitative estimate of drug-likeness (QED) is 0.809. The molecule has 1 fully saturated rings. The summed E-state index contributed by atoms with van der Waals surface area (Å²) < 4.78 is 4.97. The number of likely N-dealkylation sites (tertiary alicyclic amines) is 1. The van der Waals surface area contributed by atoms with Crippen molar-refractivity contribution in [3.63, 3.8) is 0 Å². The van der Waals surface area contributed by atoms with Gasteiger partial charge in [-0.3, -0.25) is 9.59 Å². The molecular formula is C14H18N2O4. The third-order valence-corrected chi connectivity index (χ3v) is 3.53. The highest BCUT2D eigenvalue weighted by Gasteiger charge is 2.32. The molecule has 0 radical (unpaired) electrons. The molecule has 2 rings (SSSR count). The first kappa shape index (κ1) is 14.2. The smallest absolute Gasteiger partial charge is 0.223 e. The Morgan fingerprint density at radius 3 is 2.85 bits per heavy atom. The first-order chi connectivity index (χ1) is 9.51. The van der Waals surface area contributed by atoms with E-state index < -0.39 is 5.91 Å². The maximum atomic E-state index is 11.7. The van der Waals surface area contributed by atoms with Gasteiger partial charge in [0.1, 0.15) is 0 Å². The molecule has 6 nitrogen and oxygen atoms in total. The first-order valence-electron chi connectivity index (χ1n) is 6.44. The second-order valence-electron chi connectivity index (χ2n) is 4.90. The zero-order valence-corrected chi connectivity index (χ0v) is 11.3. The lowest BCUT2D eigenvalue weighted by atomic mass is 10.1. The topological polar surface area (TPSA) is 92.9 Å². The number of methoxy groups -OCH3 is 1. The standard InChI is InChI=1S/C14H18N2O4/c1-20-12-3-2-9(6-11(12)17)4-5-16-8-10(14(15)19)7-13(16)18/h2-3,6,10,17H,4-5,7-8H2,1H3,(H2,15,19). The summed E-state index contributed by atoms with van der Waals surface area (Å²) in [4.78, 5) is 24.4. The van der Waals surface area contributed by atoms with Crippen molar-refractivity contribution >= 4 is 11.8 Å². The van der Waals surface area contributed by atoms with Gasteiger partial charge in [0.15, 0.2) is 11.5 Å². The van der Waals surface area contributed by atoms with E-state index in [4.69, 9.17) is 10.5 Å². The number of amides is 2. The van der Waals surface area contributed by atoms with Crippen molar-refractivity contribution in [2.75, 3.05) is 20.2 Å². The molecule has 1 aromatic carbocycles. The molecule has 108 valence electrons.